The largest absolute Gasteiger partial charge is 0.493 e. The third-order valence-electron chi connectivity index (χ3n) is 5.60. The lowest BCUT2D eigenvalue weighted by atomic mass is 10.0. The van der Waals surface area contributed by atoms with Gasteiger partial charge in [0.2, 0.25) is 0 Å². The van der Waals surface area contributed by atoms with Gasteiger partial charge in [0.25, 0.3) is 0 Å². The molecule has 0 amide bonds. The van der Waals surface area contributed by atoms with Crippen molar-refractivity contribution in [3.05, 3.63) is 107 Å². The lowest BCUT2D eigenvalue weighted by molar-refractivity contribution is 0.318. The van der Waals surface area contributed by atoms with Gasteiger partial charge in [0.1, 0.15) is 5.75 Å². The number of anilines is 1. The van der Waals surface area contributed by atoms with Crippen LogP contribution in [-0.2, 0) is 19.4 Å². The highest BCUT2D eigenvalue weighted by Gasteiger charge is 2.07. The molecule has 0 saturated heterocycles. The van der Waals surface area contributed by atoms with Crippen molar-refractivity contribution in [2.45, 2.75) is 32.7 Å². The fraction of sp³-hybridized carbons (Fsp3) is 0.207. The average Bonchev–Trinajstić information content (AvgIpc) is 2.84. The predicted octanol–water partition coefficient (Wildman–Crippen LogP) is 6.90. The minimum Gasteiger partial charge on any atom is -0.493 e. The Bertz CT molecular complexity index is 1240. The molecule has 0 unspecified atom stereocenters. The van der Waals surface area contributed by atoms with E-state index in [4.69, 9.17) is 10.00 Å². The van der Waals surface area contributed by atoms with Crippen LogP contribution >= 0.6 is 0 Å². The van der Waals surface area contributed by atoms with E-state index < -0.39 is 0 Å². The lowest BCUT2D eigenvalue weighted by Crippen LogP contribution is -2.05. The van der Waals surface area contributed by atoms with Gasteiger partial charge < -0.3 is 10.1 Å². The first-order valence-electron chi connectivity index (χ1n) is 11.2. The number of nitrogens with one attached hydrogen (secondary N) is 1. The monoisotopic (exact) mass is 420 g/mol. The Morgan fingerprint density at radius 2 is 1.66 bits per heavy atom. The highest BCUT2D eigenvalue weighted by Crippen LogP contribution is 2.24. The van der Waals surface area contributed by atoms with Crippen LogP contribution in [0.3, 0.4) is 0 Å². The highest BCUT2D eigenvalue weighted by molar-refractivity contribution is 5.83. The van der Waals surface area contributed by atoms with E-state index in [1.807, 2.05) is 24.3 Å². The van der Waals surface area contributed by atoms with Gasteiger partial charge in [0.05, 0.1) is 18.2 Å². The number of benzene rings is 4. The van der Waals surface area contributed by atoms with Gasteiger partial charge in [-0.2, -0.15) is 5.26 Å². The fourth-order valence-electron chi connectivity index (χ4n) is 3.90. The number of rotatable bonds is 9. The Morgan fingerprint density at radius 1 is 0.812 bits per heavy atom. The normalized spacial score (nSPS) is 10.6. The molecular weight excluding hydrogens is 392 g/mol. The van der Waals surface area contributed by atoms with Crippen molar-refractivity contribution in [3.63, 3.8) is 0 Å². The van der Waals surface area contributed by atoms with Gasteiger partial charge in [-0.15, -0.1) is 0 Å². The van der Waals surface area contributed by atoms with E-state index in [0.717, 1.165) is 36.3 Å². The number of aryl methyl sites for hydroxylation is 1. The van der Waals surface area contributed by atoms with Crippen molar-refractivity contribution < 1.29 is 4.74 Å². The summed E-state index contributed by atoms with van der Waals surface area (Å²) < 4.78 is 6.26. The summed E-state index contributed by atoms with van der Waals surface area (Å²) in [6.07, 6.45) is 2.96. The Labute approximate surface area is 190 Å². The minimum atomic E-state index is 0.649. The molecule has 0 aliphatic heterocycles. The van der Waals surface area contributed by atoms with E-state index in [0.29, 0.717) is 18.7 Å². The number of fused-ring (bicyclic) bond motifs is 1. The zero-order valence-corrected chi connectivity index (χ0v) is 18.5. The quantitative estimate of drug-likeness (QED) is 0.320. The molecule has 0 saturated carbocycles. The summed E-state index contributed by atoms with van der Waals surface area (Å²) in [7, 11) is 0. The van der Waals surface area contributed by atoms with E-state index in [2.05, 4.69) is 79.0 Å². The molecule has 0 aromatic heterocycles. The van der Waals surface area contributed by atoms with E-state index in [1.54, 1.807) is 0 Å². The molecular formula is C29H28N2O. The van der Waals surface area contributed by atoms with Crippen molar-refractivity contribution >= 4 is 16.5 Å². The Kier molecular flexibility index (Phi) is 7.05. The molecule has 32 heavy (non-hydrogen) atoms. The molecule has 0 radical (unpaired) electrons. The van der Waals surface area contributed by atoms with E-state index in [-0.39, 0.29) is 0 Å². The first-order valence-corrected chi connectivity index (χ1v) is 11.2. The van der Waals surface area contributed by atoms with Crippen LogP contribution in [0.25, 0.3) is 10.8 Å². The zero-order chi connectivity index (χ0) is 22.2. The second kappa shape index (κ2) is 10.5. The van der Waals surface area contributed by atoms with E-state index in [1.165, 1.54) is 21.9 Å². The van der Waals surface area contributed by atoms with Gasteiger partial charge >= 0.3 is 0 Å². The molecule has 4 aromatic carbocycles. The summed E-state index contributed by atoms with van der Waals surface area (Å²) in [6, 6.07) is 31.3. The van der Waals surface area contributed by atoms with Crippen LogP contribution in [0.4, 0.5) is 5.69 Å². The summed E-state index contributed by atoms with van der Waals surface area (Å²) >= 11 is 0. The maximum absolute atomic E-state index is 9.09. The standard InChI is InChI=1S/C29H28N2O/c1-2-6-26-14-12-24(21-31-28-10-5-7-23(18-28)20-30)19-29(26)32-16-15-22-11-13-25-8-3-4-9-27(25)17-22/h3-5,7-14,17-19,31H,2,6,15-16,21H2,1H3. The summed E-state index contributed by atoms with van der Waals surface area (Å²) in [5.74, 6) is 0.970. The summed E-state index contributed by atoms with van der Waals surface area (Å²) in [4.78, 5) is 0. The number of nitriles is 1. The van der Waals surface area contributed by atoms with Gasteiger partial charge in [-0.05, 0) is 58.1 Å². The molecule has 0 heterocycles. The van der Waals surface area contributed by atoms with Crippen LogP contribution in [0.5, 0.6) is 5.75 Å². The van der Waals surface area contributed by atoms with Crippen LogP contribution in [-0.4, -0.2) is 6.61 Å². The molecule has 4 aromatic rings. The molecule has 0 spiro atoms. The first-order chi connectivity index (χ1) is 15.7. The molecule has 3 nitrogen and oxygen atoms in total. The predicted molar refractivity (Wildman–Crippen MR) is 132 cm³/mol. The summed E-state index contributed by atoms with van der Waals surface area (Å²) in [6.45, 7) is 3.52. The third kappa shape index (κ3) is 5.47. The second-order valence-electron chi connectivity index (χ2n) is 8.02. The molecule has 0 fully saturated rings. The molecule has 3 heteroatoms. The maximum atomic E-state index is 9.09. The van der Waals surface area contributed by atoms with Crippen molar-refractivity contribution in [3.8, 4) is 11.8 Å². The van der Waals surface area contributed by atoms with Crippen LogP contribution in [0.2, 0.25) is 0 Å². The summed E-state index contributed by atoms with van der Waals surface area (Å²) in [5.41, 5.74) is 5.30. The van der Waals surface area contributed by atoms with Gasteiger partial charge in [-0.25, -0.2) is 0 Å². The number of hydrogen-bond acceptors (Lipinski definition) is 3. The Morgan fingerprint density at radius 3 is 2.50 bits per heavy atom. The maximum Gasteiger partial charge on any atom is 0.122 e. The molecule has 1 N–H and O–H groups in total. The average molecular weight is 421 g/mol. The third-order valence-corrected chi connectivity index (χ3v) is 5.60. The van der Waals surface area contributed by atoms with Gasteiger partial charge in [0, 0.05) is 18.7 Å². The molecule has 0 bridgehead atoms. The molecule has 0 aliphatic carbocycles. The van der Waals surface area contributed by atoms with Crippen LogP contribution < -0.4 is 10.1 Å². The number of hydrogen-bond donors (Lipinski definition) is 1. The Hall–Kier alpha value is -3.77. The first kappa shape index (κ1) is 21.5. The van der Waals surface area contributed by atoms with Crippen molar-refractivity contribution in [2.24, 2.45) is 0 Å². The second-order valence-corrected chi connectivity index (χ2v) is 8.02. The smallest absolute Gasteiger partial charge is 0.122 e. The number of nitrogens with zero attached hydrogens (tertiary/aromatic N) is 1. The molecule has 0 aliphatic rings. The zero-order valence-electron chi connectivity index (χ0n) is 18.5. The van der Waals surface area contributed by atoms with Gasteiger partial charge in [0.15, 0.2) is 0 Å². The topological polar surface area (TPSA) is 45.0 Å². The molecule has 0 atom stereocenters. The van der Waals surface area contributed by atoms with Crippen molar-refractivity contribution in [2.75, 3.05) is 11.9 Å². The van der Waals surface area contributed by atoms with Crippen LogP contribution in [0.1, 0.15) is 35.6 Å². The van der Waals surface area contributed by atoms with Gasteiger partial charge in [-0.3, -0.25) is 0 Å². The lowest BCUT2D eigenvalue weighted by Gasteiger charge is -2.14. The van der Waals surface area contributed by atoms with Crippen LogP contribution in [0, 0.1) is 11.3 Å². The highest BCUT2D eigenvalue weighted by atomic mass is 16.5. The van der Waals surface area contributed by atoms with Crippen molar-refractivity contribution in [1.82, 2.24) is 0 Å². The number of ether oxygens (including phenoxy) is 1. The van der Waals surface area contributed by atoms with E-state index >= 15 is 0 Å². The molecule has 160 valence electrons. The molecule has 4 rings (SSSR count). The van der Waals surface area contributed by atoms with E-state index in [9.17, 15) is 0 Å². The van der Waals surface area contributed by atoms with Crippen LogP contribution in [0.15, 0.2) is 84.9 Å². The Balaban J connectivity index is 1.42. The minimum absolute atomic E-state index is 0.649. The van der Waals surface area contributed by atoms with Crippen molar-refractivity contribution in [1.29, 1.82) is 5.26 Å². The fourth-order valence-corrected chi connectivity index (χ4v) is 3.90. The summed E-state index contributed by atoms with van der Waals surface area (Å²) in [5, 5.41) is 15.0. The van der Waals surface area contributed by atoms with Gasteiger partial charge in [-0.1, -0.05) is 74.0 Å². The SMILES string of the molecule is CCCc1ccc(CNc2cccc(C#N)c2)cc1OCCc1ccc2ccccc2c1.